The van der Waals surface area contributed by atoms with Crippen LogP contribution >= 0.6 is 0 Å². The SMILES string of the molecule is c1ccc(-c2cccc(-c3ccc(-c4nc(-c5ccccc5)nc(-n5c6ccccc6c6cc7c(c(-c8ccccc8)c65)c5ccccc5n7-c5ccccc5)n4)cc3)c2)cc1. The predicted molar refractivity (Wildman–Crippen MR) is 256 cm³/mol. The van der Waals surface area contributed by atoms with Crippen LogP contribution in [0.5, 0.6) is 0 Å². The molecule has 5 heteroatoms. The molecular formula is C57H37N5. The van der Waals surface area contributed by atoms with E-state index in [1.54, 1.807) is 0 Å². The van der Waals surface area contributed by atoms with Crippen molar-refractivity contribution >= 4 is 43.6 Å². The fourth-order valence-corrected chi connectivity index (χ4v) is 9.15. The van der Waals surface area contributed by atoms with Crippen LogP contribution in [0.2, 0.25) is 0 Å². The van der Waals surface area contributed by atoms with Gasteiger partial charge in [-0.3, -0.25) is 4.57 Å². The topological polar surface area (TPSA) is 48.5 Å². The van der Waals surface area contributed by atoms with Crippen LogP contribution in [-0.4, -0.2) is 24.1 Å². The van der Waals surface area contributed by atoms with Gasteiger partial charge >= 0.3 is 0 Å². The summed E-state index contributed by atoms with van der Waals surface area (Å²) in [6.07, 6.45) is 0. The molecule has 0 aliphatic carbocycles. The van der Waals surface area contributed by atoms with Crippen molar-refractivity contribution in [1.82, 2.24) is 24.1 Å². The van der Waals surface area contributed by atoms with Gasteiger partial charge in [-0.15, -0.1) is 0 Å². The van der Waals surface area contributed by atoms with E-state index in [-0.39, 0.29) is 0 Å². The molecule has 0 spiro atoms. The Bertz CT molecular complexity index is 3590. The highest BCUT2D eigenvalue weighted by Crippen LogP contribution is 2.46. The number of fused-ring (bicyclic) bond motifs is 6. The molecule has 290 valence electrons. The average molecular weight is 792 g/mol. The quantitative estimate of drug-likeness (QED) is 0.162. The molecule has 0 amide bonds. The van der Waals surface area contributed by atoms with Crippen LogP contribution in [0.4, 0.5) is 0 Å². The van der Waals surface area contributed by atoms with Gasteiger partial charge < -0.3 is 4.57 Å². The van der Waals surface area contributed by atoms with E-state index in [1.807, 2.05) is 18.2 Å². The summed E-state index contributed by atoms with van der Waals surface area (Å²) in [5.41, 5.74) is 14.2. The normalized spacial score (nSPS) is 11.5. The Morgan fingerprint density at radius 3 is 1.40 bits per heavy atom. The number of para-hydroxylation sites is 3. The number of nitrogens with zero attached hydrogens (tertiary/aromatic N) is 5. The second kappa shape index (κ2) is 14.7. The van der Waals surface area contributed by atoms with E-state index in [2.05, 4.69) is 215 Å². The maximum absolute atomic E-state index is 5.39. The summed E-state index contributed by atoms with van der Waals surface area (Å²) in [5, 5.41) is 4.60. The zero-order valence-electron chi connectivity index (χ0n) is 33.6. The van der Waals surface area contributed by atoms with Gasteiger partial charge in [0.1, 0.15) is 0 Å². The molecule has 0 fully saturated rings. The maximum Gasteiger partial charge on any atom is 0.238 e. The molecule has 0 saturated heterocycles. The van der Waals surface area contributed by atoms with Crippen molar-refractivity contribution in [2.45, 2.75) is 0 Å². The second-order valence-electron chi connectivity index (χ2n) is 15.6. The largest absolute Gasteiger partial charge is 0.309 e. The molecule has 12 aromatic rings. The molecule has 0 aliphatic rings. The molecule has 5 nitrogen and oxygen atoms in total. The summed E-state index contributed by atoms with van der Waals surface area (Å²) >= 11 is 0. The average Bonchev–Trinajstić information content (AvgIpc) is 3.87. The zero-order valence-corrected chi connectivity index (χ0v) is 33.6. The van der Waals surface area contributed by atoms with Crippen LogP contribution in [0.3, 0.4) is 0 Å². The van der Waals surface area contributed by atoms with E-state index in [0.29, 0.717) is 17.6 Å². The first-order chi connectivity index (χ1) is 30.8. The summed E-state index contributed by atoms with van der Waals surface area (Å²) in [5.74, 6) is 1.77. The van der Waals surface area contributed by atoms with Crippen molar-refractivity contribution in [3.05, 3.63) is 224 Å². The van der Waals surface area contributed by atoms with Crippen molar-refractivity contribution in [1.29, 1.82) is 0 Å². The van der Waals surface area contributed by atoms with Gasteiger partial charge in [0.05, 0.1) is 22.1 Å². The highest BCUT2D eigenvalue weighted by molar-refractivity contribution is 6.27. The molecule has 3 heterocycles. The monoisotopic (exact) mass is 791 g/mol. The standard InChI is InChI=1S/C57H37N5/c1-5-18-38(19-6-1)43-24-17-25-44(36-43)39-32-34-42(35-33-39)56-58-55(41-22-9-3-10-23-41)59-57(60-56)62-49-30-15-13-28-46(49)48-37-51-53(52(54(48)62)40-20-7-2-8-21-40)47-29-14-16-31-50(47)61(51)45-26-11-4-12-27-45/h1-37H. The van der Waals surface area contributed by atoms with E-state index >= 15 is 0 Å². The third-order valence-electron chi connectivity index (χ3n) is 12.0. The Kier molecular flexibility index (Phi) is 8.42. The minimum atomic E-state index is 0.558. The fraction of sp³-hybridized carbons (Fsp3) is 0. The summed E-state index contributed by atoms with van der Waals surface area (Å²) in [6, 6.07) is 79.2. The van der Waals surface area contributed by atoms with E-state index in [0.717, 1.165) is 71.9 Å². The van der Waals surface area contributed by atoms with Crippen LogP contribution in [0.1, 0.15) is 0 Å². The van der Waals surface area contributed by atoms with Crippen LogP contribution in [0, 0.1) is 0 Å². The predicted octanol–water partition coefficient (Wildman–Crippen LogP) is 14.4. The van der Waals surface area contributed by atoms with Crippen molar-refractivity contribution in [2.24, 2.45) is 0 Å². The van der Waals surface area contributed by atoms with Crippen LogP contribution in [-0.2, 0) is 0 Å². The molecule has 0 N–H and O–H groups in total. The van der Waals surface area contributed by atoms with Crippen molar-refractivity contribution in [3.63, 3.8) is 0 Å². The van der Waals surface area contributed by atoms with Gasteiger partial charge in [0.2, 0.25) is 5.95 Å². The van der Waals surface area contributed by atoms with Gasteiger partial charge in [-0.25, -0.2) is 4.98 Å². The fourth-order valence-electron chi connectivity index (χ4n) is 9.15. The lowest BCUT2D eigenvalue weighted by Gasteiger charge is -2.15. The van der Waals surface area contributed by atoms with Crippen LogP contribution < -0.4 is 0 Å². The lowest BCUT2D eigenvalue weighted by molar-refractivity contribution is 0.954. The van der Waals surface area contributed by atoms with Gasteiger partial charge in [-0.1, -0.05) is 188 Å². The Morgan fingerprint density at radius 1 is 0.290 bits per heavy atom. The van der Waals surface area contributed by atoms with Gasteiger partial charge in [-0.05, 0) is 64.2 Å². The van der Waals surface area contributed by atoms with E-state index in [1.165, 1.54) is 21.9 Å². The number of rotatable bonds is 7. The van der Waals surface area contributed by atoms with Crippen molar-refractivity contribution in [2.75, 3.05) is 0 Å². The van der Waals surface area contributed by atoms with Gasteiger partial charge in [0.25, 0.3) is 0 Å². The smallest absolute Gasteiger partial charge is 0.238 e. The highest BCUT2D eigenvalue weighted by Gasteiger charge is 2.26. The summed E-state index contributed by atoms with van der Waals surface area (Å²) < 4.78 is 4.67. The Morgan fingerprint density at radius 2 is 0.758 bits per heavy atom. The van der Waals surface area contributed by atoms with Crippen molar-refractivity contribution in [3.8, 4) is 67.8 Å². The van der Waals surface area contributed by atoms with E-state index in [9.17, 15) is 0 Å². The minimum Gasteiger partial charge on any atom is -0.309 e. The van der Waals surface area contributed by atoms with Crippen LogP contribution in [0.25, 0.3) is 111 Å². The van der Waals surface area contributed by atoms with Gasteiger partial charge in [-0.2, -0.15) is 9.97 Å². The van der Waals surface area contributed by atoms with E-state index < -0.39 is 0 Å². The molecule has 0 unspecified atom stereocenters. The highest BCUT2D eigenvalue weighted by atomic mass is 15.2. The van der Waals surface area contributed by atoms with Gasteiger partial charge in [0, 0.05) is 43.9 Å². The Labute approximate surface area is 358 Å². The molecule has 0 aliphatic heterocycles. The third-order valence-corrected chi connectivity index (χ3v) is 12.0. The molecule has 3 aromatic heterocycles. The Hall–Kier alpha value is -8.41. The summed E-state index contributed by atoms with van der Waals surface area (Å²) in [4.78, 5) is 15.9. The first kappa shape index (κ1) is 35.5. The molecule has 0 atom stereocenters. The second-order valence-corrected chi connectivity index (χ2v) is 15.6. The molecule has 12 rings (SSSR count). The maximum atomic E-state index is 5.39. The molecular weight excluding hydrogens is 755 g/mol. The lowest BCUT2D eigenvalue weighted by Crippen LogP contribution is -2.07. The molecule has 0 saturated carbocycles. The minimum absolute atomic E-state index is 0.558. The molecule has 0 radical (unpaired) electrons. The third kappa shape index (κ3) is 5.90. The number of benzene rings is 9. The van der Waals surface area contributed by atoms with E-state index in [4.69, 9.17) is 15.0 Å². The molecule has 62 heavy (non-hydrogen) atoms. The lowest BCUT2D eigenvalue weighted by atomic mass is 9.96. The zero-order chi connectivity index (χ0) is 41.0. The summed E-state index contributed by atoms with van der Waals surface area (Å²) in [6.45, 7) is 0. The first-order valence-corrected chi connectivity index (χ1v) is 21.0. The van der Waals surface area contributed by atoms with Gasteiger partial charge in [0.15, 0.2) is 11.6 Å². The number of hydrogen-bond acceptors (Lipinski definition) is 3. The number of aromatic nitrogens is 5. The molecule has 9 aromatic carbocycles. The Balaban J connectivity index is 1.13. The number of hydrogen-bond donors (Lipinski definition) is 0. The van der Waals surface area contributed by atoms with Crippen LogP contribution in [0.15, 0.2) is 224 Å². The van der Waals surface area contributed by atoms with Crippen molar-refractivity contribution < 1.29 is 0 Å². The summed E-state index contributed by atoms with van der Waals surface area (Å²) in [7, 11) is 0. The molecule has 0 bridgehead atoms. The first-order valence-electron chi connectivity index (χ1n) is 21.0.